The van der Waals surface area contributed by atoms with Gasteiger partial charge in [-0.25, -0.2) is 0 Å². The number of likely N-dealkylation sites (tertiary alicyclic amines) is 1. The quantitative estimate of drug-likeness (QED) is 0.560. The number of hydrogen-bond donors (Lipinski definition) is 2. The van der Waals surface area contributed by atoms with Crippen LogP contribution in [0, 0.1) is 5.41 Å². The number of nitrogens with zero attached hydrogens (tertiary/aromatic N) is 1. The van der Waals surface area contributed by atoms with Crippen molar-refractivity contribution in [3.05, 3.63) is 0 Å². The Morgan fingerprint density at radius 3 is 2.06 bits per heavy atom. The van der Waals surface area contributed by atoms with Gasteiger partial charge in [0.05, 0.1) is 12.2 Å². The molecule has 1 saturated heterocycles. The Balaban J connectivity index is 1.96. The second kappa shape index (κ2) is 5.46. The Bertz CT molecular complexity index is 251. The highest BCUT2D eigenvalue weighted by Crippen LogP contribution is 2.34. The Morgan fingerprint density at radius 1 is 1.06 bits per heavy atom. The van der Waals surface area contributed by atoms with E-state index >= 15 is 0 Å². The van der Waals surface area contributed by atoms with Crippen molar-refractivity contribution in [2.45, 2.75) is 50.7 Å². The SMILES string of the molecule is O=CC1(CN2CC(O)C(O)C2)CCCCCC1. The molecule has 4 nitrogen and oxygen atoms in total. The molecule has 2 fully saturated rings. The van der Waals surface area contributed by atoms with Crippen LogP contribution in [0.5, 0.6) is 0 Å². The van der Waals surface area contributed by atoms with Crippen LogP contribution in [0.25, 0.3) is 0 Å². The van der Waals surface area contributed by atoms with Gasteiger partial charge in [-0.3, -0.25) is 4.90 Å². The third kappa shape index (κ3) is 3.06. The number of rotatable bonds is 3. The zero-order valence-electron chi connectivity index (χ0n) is 10.3. The summed E-state index contributed by atoms with van der Waals surface area (Å²) in [5.41, 5.74) is -0.236. The predicted molar refractivity (Wildman–Crippen MR) is 64.7 cm³/mol. The van der Waals surface area contributed by atoms with Gasteiger partial charge in [0.25, 0.3) is 0 Å². The zero-order valence-corrected chi connectivity index (χ0v) is 10.3. The van der Waals surface area contributed by atoms with Gasteiger partial charge in [0.15, 0.2) is 0 Å². The summed E-state index contributed by atoms with van der Waals surface area (Å²) in [4.78, 5) is 13.5. The van der Waals surface area contributed by atoms with Crippen LogP contribution < -0.4 is 0 Å². The van der Waals surface area contributed by atoms with E-state index in [1.165, 1.54) is 12.8 Å². The average Bonchev–Trinajstić information content (AvgIpc) is 2.54. The summed E-state index contributed by atoms with van der Waals surface area (Å²) in [5, 5.41) is 19.1. The van der Waals surface area contributed by atoms with Gasteiger partial charge in [-0.1, -0.05) is 25.7 Å². The molecule has 2 rings (SSSR count). The maximum atomic E-state index is 11.4. The van der Waals surface area contributed by atoms with Gasteiger partial charge in [-0.2, -0.15) is 0 Å². The van der Waals surface area contributed by atoms with Gasteiger partial charge in [0.1, 0.15) is 6.29 Å². The van der Waals surface area contributed by atoms with E-state index in [-0.39, 0.29) is 5.41 Å². The molecule has 0 radical (unpaired) electrons. The molecule has 2 atom stereocenters. The van der Waals surface area contributed by atoms with Crippen LogP contribution in [-0.2, 0) is 4.79 Å². The van der Waals surface area contributed by atoms with Gasteiger partial charge in [-0.15, -0.1) is 0 Å². The minimum atomic E-state index is -0.649. The molecule has 2 unspecified atom stereocenters. The van der Waals surface area contributed by atoms with E-state index in [4.69, 9.17) is 0 Å². The summed E-state index contributed by atoms with van der Waals surface area (Å²) in [7, 11) is 0. The maximum Gasteiger partial charge on any atom is 0.127 e. The van der Waals surface area contributed by atoms with Gasteiger partial charge < -0.3 is 15.0 Å². The molecular weight excluding hydrogens is 218 g/mol. The number of β-amino-alcohol motifs (C(OH)–C–C–N with tert-alkyl or cyclic N) is 2. The zero-order chi connectivity index (χ0) is 12.3. The van der Waals surface area contributed by atoms with Gasteiger partial charge in [0.2, 0.25) is 0 Å². The molecule has 0 spiro atoms. The molecule has 4 heteroatoms. The Kier molecular flexibility index (Phi) is 4.17. The van der Waals surface area contributed by atoms with Crippen LogP contribution in [0.4, 0.5) is 0 Å². The second-order valence-electron chi connectivity index (χ2n) is 5.72. The van der Waals surface area contributed by atoms with E-state index in [9.17, 15) is 15.0 Å². The van der Waals surface area contributed by atoms with Crippen LogP contribution in [-0.4, -0.2) is 53.2 Å². The monoisotopic (exact) mass is 241 g/mol. The Labute approximate surface area is 103 Å². The molecule has 1 aliphatic carbocycles. The largest absolute Gasteiger partial charge is 0.389 e. The van der Waals surface area contributed by atoms with Crippen LogP contribution >= 0.6 is 0 Å². The lowest BCUT2D eigenvalue weighted by atomic mass is 9.81. The highest BCUT2D eigenvalue weighted by molar-refractivity contribution is 5.59. The molecule has 0 aromatic rings. The van der Waals surface area contributed by atoms with Crippen LogP contribution in [0.3, 0.4) is 0 Å². The average molecular weight is 241 g/mol. The smallest absolute Gasteiger partial charge is 0.127 e. The standard InChI is InChI=1S/C13H23NO3/c15-10-13(5-3-1-2-4-6-13)9-14-7-11(16)12(17)8-14/h10-12,16-17H,1-9H2. The van der Waals surface area contributed by atoms with Crippen LogP contribution in [0.15, 0.2) is 0 Å². The molecule has 17 heavy (non-hydrogen) atoms. The third-order valence-corrected chi connectivity index (χ3v) is 4.22. The Hall–Kier alpha value is -0.450. The number of aldehydes is 1. The lowest BCUT2D eigenvalue weighted by Gasteiger charge is -2.31. The number of carbonyl (C=O) groups is 1. The van der Waals surface area contributed by atoms with Crippen molar-refractivity contribution in [3.8, 4) is 0 Å². The van der Waals surface area contributed by atoms with Crippen molar-refractivity contribution < 1.29 is 15.0 Å². The Morgan fingerprint density at radius 2 is 1.59 bits per heavy atom. The summed E-state index contributed by atoms with van der Waals surface area (Å²) in [6, 6.07) is 0. The van der Waals surface area contributed by atoms with E-state index in [1.807, 2.05) is 4.90 Å². The number of aliphatic hydroxyl groups excluding tert-OH is 2. The van der Waals surface area contributed by atoms with E-state index in [1.54, 1.807) is 0 Å². The minimum Gasteiger partial charge on any atom is -0.389 e. The number of aliphatic hydroxyl groups is 2. The van der Waals surface area contributed by atoms with E-state index in [0.717, 1.165) is 32.0 Å². The van der Waals surface area contributed by atoms with Crippen molar-refractivity contribution in [3.63, 3.8) is 0 Å². The second-order valence-corrected chi connectivity index (χ2v) is 5.72. The molecule has 0 amide bonds. The molecule has 1 aliphatic heterocycles. The number of carbonyl (C=O) groups excluding carboxylic acids is 1. The molecule has 2 aliphatic rings. The molecule has 0 bridgehead atoms. The summed E-state index contributed by atoms with van der Waals surface area (Å²) < 4.78 is 0. The first kappa shape index (κ1) is 13.0. The summed E-state index contributed by atoms with van der Waals surface area (Å²) in [6.45, 7) is 1.69. The fourth-order valence-electron chi connectivity index (χ4n) is 3.17. The van der Waals surface area contributed by atoms with E-state index < -0.39 is 12.2 Å². The normalized spacial score (nSPS) is 34.5. The molecule has 1 saturated carbocycles. The van der Waals surface area contributed by atoms with Crippen LogP contribution in [0.2, 0.25) is 0 Å². The van der Waals surface area contributed by atoms with E-state index in [2.05, 4.69) is 0 Å². The van der Waals surface area contributed by atoms with Crippen molar-refractivity contribution >= 4 is 6.29 Å². The fourth-order valence-corrected chi connectivity index (χ4v) is 3.17. The van der Waals surface area contributed by atoms with Crippen LogP contribution in [0.1, 0.15) is 38.5 Å². The first-order chi connectivity index (χ1) is 8.15. The molecule has 1 heterocycles. The lowest BCUT2D eigenvalue weighted by molar-refractivity contribution is -0.118. The first-order valence-electron chi connectivity index (χ1n) is 6.70. The molecular formula is C13H23NO3. The maximum absolute atomic E-state index is 11.4. The van der Waals surface area contributed by atoms with Gasteiger partial charge in [0, 0.05) is 25.0 Å². The fraction of sp³-hybridized carbons (Fsp3) is 0.923. The molecule has 0 aromatic heterocycles. The van der Waals surface area contributed by atoms with Gasteiger partial charge in [-0.05, 0) is 12.8 Å². The van der Waals surface area contributed by atoms with E-state index in [0.29, 0.717) is 19.6 Å². The predicted octanol–water partition coefficient (Wildman–Crippen LogP) is 0.563. The molecule has 2 N–H and O–H groups in total. The highest BCUT2D eigenvalue weighted by Gasteiger charge is 2.37. The molecule has 98 valence electrons. The minimum absolute atomic E-state index is 0.236. The molecule has 0 aromatic carbocycles. The third-order valence-electron chi connectivity index (χ3n) is 4.22. The van der Waals surface area contributed by atoms with Crippen molar-refractivity contribution in [2.24, 2.45) is 5.41 Å². The first-order valence-corrected chi connectivity index (χ1v) is 6.70. The topological polar surface area (TPSA) is 60.8 Å². The summed E-state index contributed by atoms with van der Waals surface area (Å²) in [5.74, 6) is 0. The summed E-state index contributed by atoms with van der Waals surface area (Å²) >= 11 is 0. The van der Waals surface area contributed by atoms with Crippen molar-refractivity contribution in [1.82, 2.24) is 4.90 Å². The highest BCUT2D eigenvalue weighted by atomic mass is 16.3. The lowest BCUT2D eigenvalue weighted by Crippen LogP contribution is -2.38. The summed E-state index contributed by atoms with van der Waals surface area (Å²) in [6.07, 6.45) is 6.43. The van der Waals surface area contributed by atoms with Gasteiger partial charge >= 0.3 is 0 Å². The number of hydrogen-bond acceptors (Lipinski definition) is 4. The van der Waals surface area contributed by atoms with Crippen molar-refractivity contribution in [2.75, 3.05) is 19.6 Å². The van der Waals surface area contributed by atoms with Crippen molar-refractivity contribution in [1.29, 1.82) is 0 Å².